The van der Waals surface area contributed by atoms with Gasteiger partial charge in [0.2, 0.25) is 0 Å². The molecule has 0 amide bonds. The molecule has 0 radical (unpaired) electrons. The summed E-state index contributed by atoms with van der Waals surface area (Å²) in [6.45, 7) is 11.1. The number of nitrogens with one attached hydrogen (secondary N) is 2. The van der Waals surface area contributed by atoms with Crippen LogP contribution in [0.5, 0.6) is 0 Å². The van der Waals surface area contributed by atoms with E-state index in [1.807, 2.05) is 0 Å². The summed E-state index contributed by atoms with van der Waals surface area (Å²) in [7, 11) is 3.47. The molecule has 2 atom stereocenters. The van der Waals surface area contributed by atoms with Crippen LogP contribution in [0.2, 0.25) is 0 Å². The zero-order valence-corrected chi connectivity index (χ0v) is 15.5. The fourth-order valence-corrected chi connectivity index (χ4v) is 2.94. The van der Waals surface area contributed by atoms with Gasteiger partial charge in [-0.2, -0.15) is 0 Å². The summed E-state index contributed by atoms with van der Waals surface area (Å²) in [4.78, 5) is 4.27. The van der Waals surface area contributed by atoms with E-state index in [0.717, 1.165) is 32.1 Å². The van der Waals surface area contributed by atoms with Gasteiger partial charge >= 0.3 is 0 Å². The number of hydrogen-bond donors (Lipinski definition) is 2. The van der Waals surface area contributed by atoms with Crippen molar-refractivity contribution in [3.05, 3.63) is 0 Å². The van der Waals surface area contributed by atoms with Crippen LogP contribution in [-0.2, 0) is 14.2 Å². The van der Waals surface area contributed by atoms with Gasteiger partial charge in [-0.1, -0.05) is 20.8 Å². The van der Waals surface area contributed by atoms with Crippen LogP contribution in [-0.4, -0.2) is 65.7 Å². The highest BCUT2D eigenvalue weighted by molar-refractivity contribution is 5.79. The van der Waals surface area contributed by atoms with Crippen LogP contribution in [0.15, 0.2) is 4.99 Å². The van der Waals surface area contributed by atoms with E-state index in [9.17, 15) is 0 Å². The van der Waals surface area contributed by atoms with Gasteiger partial charge < -0.3 is 24.8 Å². The second kappa shape index (κ2) is 10.8. The molecule has 136 valence electrons. The molecule has 0 bridgehead atoms. The highest BCUT2D eigenvalue weighted by Gasteiger charge is 2.35. The lowest BCUT2D eigenvalue weighted by atomic mass is 9.78. The van der Waals surface area contributed by atoms with Crippen LogP contribution in [0.3, 0.4) is 0 Å². The fourth-order valence-electron chi connectivity index (χ4n) is 2.94. The average molecular weight is 329 g/mol. The number of aliphatic imine (C=N–C) groups is 1. The number of methoxy groups -OCH3 is 1. The van der Waals surface area contributed by atoms with Gasteiger partial charge in [0.05, 0.1) is 25.9 Å². The zero-order chi connectivity index (χ0) is 17.1. The maximum atomic E-state index is 6.02. The molecule has 0 saturated carbocycles. The van der Waals surface area contributed by atoms with E-state index in [-0.39, 0.29) is 5.41 Å². The number of ether oxygens (including phenoxy) is 3. The summed E-state index contributed by atoms with van der Waals surface area (Å²) in [5.74, 6) is 1.33. The summed E-state index contributed by atoms with van der Waals surface area (Å²) < 4.78 is 16.4. The smallest absolute Gasteiger partial charge is 0.191 e. The summed E-state index contributed by atoms with van der Waals surface area (Å²) in [5, 5.41) is 6.69. The summed E-state index contributed by atoms with van der Waals surface area (Å²) in [6, 6.07) is 0. The van der Waals surface area contributed by atoms with E-state index in [1.54, 1.807) is 14.2 Å². The van der Waals surface area contributed by atoms with E-state index < -0.39 is 0 Å². The van der Waals surface area contributed by atoms with Crippen LogP contribution in [0.25, 0.3) is 0 Å². The lowest BCUT2D eigenvalue weighted by molar-refractivity contribution is -0.0835. The molecule has 0 spiro atoms. The Morgan fingerprint density at radius 1 is 1.22 bits per heavy atom. The molecule has 23 heavy (non-hydrogen) atoms. The Morgan fingerprint density at radius 2 is 2.00 bits per heavy atom. The molecular formula is C17H35N3O3. The largest absolute Gasteiger partial charge is 0.382 e. The van der Waals surface area contributed by atoms with Crippen molar-refractivity contribution in [1.82, 2.24) is 10.6 Å². The minimum Gasteiger partial charge on any atom is -0.382 e. The standard InChI is InChI=1S/C17H35N3O3/c1-17(2,3)15-14(7-6-9-23-15)13-20-16(18-4)19-8-10-22-12-11-21-5/h14-15H,6-13H2,1-5H3,(H2,18,19,20). The second-order valence-corrected chi connectivity index (χ2v) is 7.04. The van der Waals surface area contributed by atoms with Crippen molar-refractivity contribution in [3.63, 3.8) is 0 Å². The van der Waals surface area contributed by atoms with Crippen molar-refractivity contribution < 1.29 is 14.2 Å². The molecule has 6 nitrogen and oxygen atoms in total. The molecule has 0 aromatic carbocycles. The van der Waals surface area contributed by atoms with Gasteiger partial charge in [0.15, 0.2) is 5.96 Å². The van der Waals surface area contributed by atoms with Gasteiger partial charge in [-0.25, -0.2) is 0 Å². The SMILES string of the molecule is CN=C(NCCOCCOC)NCC1CCCOC1C(C)(C)C. The Labute approximate surface area is 141 Å². The Bertz CT molecular complexity index is 342. The third kappa shape index (κ3) is 7.99. The van der Waals surface area contributed by atoms with Gasteiger partial charge in [-0.15, -0.1) is 0 Å². The minimum atomic E-state index is 0.166. The molecule has 1 saturated heterocycles. The molecular weight excluding hydrogens is 294 g/mol. The van der Waals surface area contributed by atoms with Gasteiger partial charge in [0, 0.05) is 39.8 Å². The zero-order valence-electron chi connectivity index (χ0n) is 15.5. The van der Waals surface area contributed by atoms with Gasteiger partial charge in [-0.05, 0) is 18.3 Å². The maximum Gasteiger partial charge on any atom is 0.191 e. The second-order valence-electron chi connectivity index (χ2n) is 7.04. The van der Waals surface area contributed by atoms with Gasteiger partial charge in [0.1, 0.15) is 0 Å². The highest BCUT2D eigenvalue weighted by Crippen LogP contribution is 2.33. The molecule has 2 unspecified atom stereocenters. The summed E-state index contributed by atoms with van der Waals surface area (Å²) >= 11 is 0. The van der Waals surface area contributed by atoms with E-state index in [2.05, 4.69) is 36.4 Å². The Kier molecular flexibility index (Phi) is 9.52. The van der Waals surface area contributed by atoms with Gasteiger partial charge in [0.25, 0.3) is 0 Å². The fraction of sp³-hybridized carbons (Fsp3) is 0.941. The molecule has 6 heteroatoms. The number of rotatable bonds is 8. The van der Waals surface area contributed by atoms with E-state index in [1.165, 1.54) is 6.42 Å². The normalized spacial score (nSPS) is 22.9. The first-order valence-corrected chi connectivity index (χ1v) is 8.62. The number of hydrogen-bond acceptors (Lipinski definition) is 4. The Balaban J connectivity index is 2.30. The molecule has 0 aromatic rings. The van der Waals surface area contributed by atoms with E-state index in [4.69, 9.17) is 14.2 Å². The van der Waals surface area contributed by atoms with Crippen molar-refractivity contribution in [2.75, 3.05) is 53.7 Å². The lowest BCUT2D eigenvalue weighted by Gasteiger charge is -2.40. The first-order chi connectivity index (χ1) is 11.0. The van der Waals surface area contributed by atoms with E-state index >= 15 is 0 Å². The molecule has 1 rings (SSSR count). The average Bonchev–Trinajstić information content (AvgIpc) is 2.53. The molecule has 1 aliphatic rings. The van der Waals surface area contributed by atoms with Crippen LogP contribution in [0.1, 0.15) is 33.6 Å². The monoisotopic (exact) mass is 329 g/mol. The first kappa shape index (κ1) is 20.2. The molecule has 1 heterocycles. The lowest BCUT2D eigenvalue weighted by Crippen LogP contribution is -2.47. The molecule has 0 aromatic heterocycles. The van der Waals surface area contributed by atoms with Crippen molar-refractivity contribution in [1.29, 1.82) is 0 Å². The molecule has 2 N–H and O–H groups in total. The number of guanidine groups is 1. The molecule has 1 fully saturated rings. The number of nitrogens with zero attached hydrogens (tertiary/aromatic N) is 1. The molecule has 0 aliphatic carbocycles. The van der Waals surface area contributed by atoms with Crippen LogP contribution >= 0.6 is 0 Å². The van der Waals surface area contributed by atoms with Crippen LogP contribution in [0.4, 0.5) is 0 Å². The molecule has 1 aliphatic heterocycles. The van der Waals surface area contributed by atoms with Crippen LogP contribution < -0.4 is 10.6 Å². The Morgan fingerprint density at radius 3 is 2.65 bits per heavy atom. The highest BCUT2D eigenvalue weighted by atomic mass is 16.5. The van der Waals surface area contributed by atoms with E-state index in [0.29, 0.717) is 31.8 Å². The first-order valence-electron chi connectivity index (χ1n) is 8.62. The van der Waals surface area contributed by atoms with Crippen LogP contribution in [0, 0.1) is 11.3 Å². The van der Waals surface area contributed by atoms with Crippen molar-refractivity contribution in [2.45, 2.75) is 39.7 Å². The topological polar surface area (TPSA) is 64.1 Å². The predicted molar refractivity (Wildman–Crippen MR) is 94.0 cm³/mol. The third-order valence-electron chi connectivity index (χ3n) is 4.02. The summed E-state index contributed by atoms with van der Waals surface area (Å²) in [5.41, 5.74) is 0.166. The summed E-state index contributed by atoms with van der Waals surface area (Å²) in [6.07, 6.45) is 2.63. The Hall–Kier alpha value is -0.850. The predicted octanol–water partition coefficient (Wildman–Crippen LogP) is 1.66. The van der Waals surface area contributed by atoms with Crippen molar-refractivity contribution in [3.8, 4) is 0 Å². The minimum absolute atomic E-state index is 0.166. The van der Waals surface area contributed by atoms with Crippen molar-refractivity contribution >= 4 is 5.96 Å². The van der Waals surface area contributed by atoms with Crippen molar-refractivity contribution in [2.24, 2.45) is 16.3 Å². The quantitative estimate of drug-likeness (QED) is 0.403. The third-order valence-corrected chi connectivity index (χ3v) is 4.02. The van der Waals surface area contributed by atoms with Gasteiger partial charge in [-0.3, -0.25) is 4.99 Å². The maximum absolute atomic E-state index is 6.02.